The van der Waals surface area contributed by atoms with Gasteiger partial charge in [-0.05, 0) is 6.42 Å². The molecule has 2 N–H and O–H groups in total. The molecule has 1 fully saturated rings. The first-order valence-corrected chi connectivity index (χ1v) is 7.07. The first kappa shape index (κ1) is 21.2. The van der Waals surface area contributed by atoms with Crippen LogP contribution in [0.5, 0.6) is 0 Å². The number of esters is 1. The van der Waals surface area contributed by atoms with Gasteiger partial charge in [0.25, 0.3) is 0 Å². The Morgan fingerprint density at radius 2 is 1.75 bits per heavy atom. The lowest BCUT2D eigenvalue weighted by atomic mass is 10.1. The van der Waals surface area contributed by atoms with Gasteiger partial charge in [-0.3, -0.25) is 9.59 Å². The zero-order chi connectivity index (χ0) is 16.2. The van der Waals surface area contributed by atoms with E-state index in [1.807, 2.05) is 13.8 Å². The molecule has 1 rings (SSSR count). The average molecular weight is 292 g/mol. The number of hydrogen-bond acceptors (Lipinski definition) is 4. The number of quaternary nitrogens is 1. The summed E-state index contributed by atoms with van der Waals surface area (Å²) in [7, 11) is 5.22. The Morgan fingerprint density at radius 3 is 2.20 bits per heavy atom. The molecule has 120 valence electrons. The number of nitrogens with zero attached hydrogens (tertiary/aromatic N) is 1. The van der Waals surface area contributed by atoms with Gasteiger partial charge in [0.1, 0.15) is 6.54 Å². The second-order valence-corrected chi connectivity index (χ2v) is 4.99. The molecule has 0 amide bonds. The summed E-state index contributed by atoms with van der Waals surface area (Å²) in [4.78, 5) is 21.6. The lowest BCUT2D eigenvalue weighted by Crippen LogP contribution is -2.50. The first-order chi connectivity index (χ1) is 9.39. The van der Waals surface area contributed by atoms with Crippen molar-refractivity contribution < 1.29 is 29.0 Å². The predicted molar refractivity (Wildman–Crippen MR) is 77.3 cm³/mol. The van der Waals surface area contributed by atoms with E-state index in [1.165, 1.54) is 0 Å². The number of piperidine rings is 1. The number of hydrogen-bond donors (Lipinski definition) is 2. The van der Waals surface area contributed by atoms with Crippen LogP contribution in [-0.2, 0) is 14.3 Å². The molecule has 0 radical (unpaired) electrons. The molecule has 0 aliphatic carbocycles. The highest BCUT2D eigenvalue weighted by atomic mass is 16.5. The van der Waals surface area contributed by atoms with E-state index in [2.05, 4.69) is 14.1 Å². The minimum atomic E-state index is -0.961. The predicted octanol–water partition coefficient (Wildman–Crippen LogP) is 1.27. The Balaban J connectivity index is 0. The van der Waals surface area contributed by atoms with Crippen LogP contribution in [0.25, 0.3) is 0 Å². The highest BCUT2D eigenvalue weighted by Gasteiger charge is 2.29. The van der Waals surface area contributed by atoms with Gasteiger partial charge in [-0.25, -0.2) is 0 Å². The van der Waals surface area contributed by atoms with Gasteiger partial charge in [0, 0.05) is 13.5 Å². The van der Waals surface area contributed by atoms with Crippen molar-refractivity contribution in [1.29, 1.82) is 0 Å². The summed E-state index contributed by atoms with van der Waals surface area (Å²) in [6, 6.07) is 0. The van der Waals surface area contributed by atoms with Crippen LogP contribution in [-0.4, -0.2) is 67.0 Å². The molecular formula is C14H30NO5+. The van der Waals surface area contributed by atoms with Gasteiger partial charge in [-0.15, -0.1) is 0 Å². The standard InChI is InChI=1S/C11H19NO4.C2H6.CH4O/c1-12(2)7-3-4-9(8-12)16-11(15)6-5-10(13)14;2*1-2/h9H,3-8H2,1-2H3;1-2H3;2H,1H3/p+1. The summed E-state index contributed by atoms with van der Waals surface area (Å²) < 4.78 is 6.12. The number of carbonyl (C=O) groups excluding carboxylic acids is 1. The van der Waals surface area contributed by atoms with Crippen molar-refractivity contribution in [3.63, 3.8) is 0 Å². The molecule has 6 heteroatoms. The molecular weight excluding hydrogens is 262 g/mol. The second kappa shape index (κ2) is 11.7. The smallest absolute Gasteiger partial charge is 0.306 e. The molecule has 1 heterocycles. The number of aliphatic carboxylic acids is 1. The molecule has 0 bridgehead atoms. The number of carboxylic acid groups (broad SMARTS) is 1. The fourth-order valence-electron chi connectivity index (χ4n) is 2.03. The van der Waals surface area contributed by atoms with E-state index in [4.69, 9.17) is 14.9 Å². The van der Waals surface area contributed by atoms with E-state index in [0.717, 1.165) is 37.5 Å². The third-order valence-electron chi connectivity index (χ3n) is 2.83. The number of likely N-dealkylation sites (tertiary alicyclic amines) is 1. The molecule has 0 saturated carbocycles. The Bertz CT molecular complexity index is 279. The summed E-state index contributed by atoms with van der Waals surface area (Å²) >= 11 is 0. The maximum absolute atomic E-state index is 11.3. The van der Waals surface area contributed by atoms with Crippen LogP contribution in [0, 0.1) is 0 Å². The fraction of sp³-hybridized carbons (Fsp3) is 0.857. The molecule has 1 unspecified atom stereocenters. The Morgan fingerprint density at radius 1 is 1.20 bits per heavy atom. The third-order valence-corrected chi connectivity index (χ3v) is 2.83. The van der Waals surface area contributed by atoms with Crippen molar-refractivity contribution in [3.05, 3.63) is 0 Å². The lowest BCUT2D eigenvalue weighted by Gasteiger charge is -2.37. The molecule has 1 saturated heterocycles. The van der Waals surface area contributed by atoms with Gasteiger partial charge >= 0.3 is 11.9 Å². The van der Waals surface area contributed by atoms with Gasteiger partial charge in [0.2, 0.25) is 0 Å². The highest BCUT2D eigenvalue weighted by molar-refractivity contribution is 5.76. The maximum Gasteiger partial charge on any atom is 0.306 e. The molecule has 1 aliphatic rings. The number of rotatable bonds is 4. The van der Waals surface area contributed by atoms with Gasteiger partial charge in [0.15, 0.2) is 6.10 Å². The van der Waals surface area contributed by atoms with Crippen LogP contribution in [0.3, 0.4) is 0 Å². The maximum atomic E-state index is 11.3. The molecule has 0 aromatic carbocycles. The topological polar surface area (TPSA) is 83.8 Å². The van der Waals surface area contributed by atoms with E-state index < -0.39 is 11.9 Å². The van der Waals surface area contributed by atoms with E-state index in [-0.39, 0.29) is 18.9 Å². The fourth-order valence-corrected chi connectivity index (χ4v) is 2.03. The zero-order valence-electron chi connectivity index (χ0n) is 13.4. The molecule has 6 nitrogen and oxygen atoms in total. The van der Waals surface area contributed by atoms with Crippen molar-refractivity contribution in [1.82, 2.24) is 0 Å². The quantitative estimate of drug-likeness (QED) is 0.602. The number of aliphatic hydroxyl groups is 1. The van der Waals surface area contributed by atoms with Gasteiger partial charge in [-0.1, -0.05) is 13.8 Å². The summed E-state index contributed by atoms with van der Waals surface area (Å²) in [5.74, 6) is -1.36. The lowest BCUT2D eigenvalue weighted by molar-refractivity contribution is -0.898. The third kappa shape index (κ3) is 10.8. The average Bonchev–Trinajstić information content (AvgIpc) is 2.40. The van der Waals surface area contributed by atoms with Crippen LogP contribution in [0.15, 0.2) is 0 Å². The summed E-state index contributed by atoms with van der Waals surface area (Å²) in [5.41, 5.74) is 0. The molecule has 0 spiro atoms. The van der Waals surface area contributed by atoms with Crippen LogP contribution < -0.4 is 0 Å². The normalized spacial score (nSPS) is 19.6. The van der Waals surface area contributed by atoms with E-state index in [1.54, 1.807) is 0 Å². The molecule has 0 aromatic heterocycles. The minimum Gasteiger partial charge on any atom is -0.481 e. The van der Waals surface area contributed by atoms with Crippen LogP contribution in [0.1, 0.15) is 39.5 Å². The Kier molecular flexibility index (Phi) is 12.3. The number of aliphatic hydroxyl groups excluding tert-OH is 1. The van der Waals surface area contributed by atoms with Gasteiger partial charge in [-0.2, -0.15) is 0 Å². The van der Waals surface area contributed by atoms with Crippen molar-refractivity contribution in [2.45, 2.75) is 45.6 Å². The SMILES string of the molecule is CC.CO.C[N+]1(C)CCCC(OC(=O)CCC(=O)O)C1. The first-order valence-electron chi connectivity index (χ1n) is 7.07. The monoisotopic (exact) mass is 292 g/mol. The summed E-state index contributed by atoms with van der Waals surface area (Å²) in [5, 5.41) is 15.4. The van der Waals surface area contributed by atoms with Crippen molar-refractivity contribution in [2.75, 3.05) is 34.3 Å². The van der Waals surface area contributed by atoms with Gasteiger partial charge < -0.3 is 19.4 Å². The summed E-state index contributed by atoms with van der Waals surface area (Å²) in [6.07, 6.45) is 1.71. The van der Waals surface area contributed by atoms with E-state index in [9.17, 15) is 9.59 Å². The minimum absolute atomic E-state index is 0.0285. The van der Waals surface area contributed by atoms with Crippen LogP contribution in [0.4, 0.5) is 0 Å². The zero-order valence-corrected chi connectivity index (χ0v) is 13.4. The van der Waals surface area contributed by atoms with Crippen molar-refractivity contribution in [3.8, 4) is 0 Å². The van der Waals surface area contributed by atoms with Crippen molar-refractivity contribution >= 4 is 11.9 Å². The molecule has 0 aromatic rings. The van der Waals surface area contributed by atoms with E-state index in [0.29, 0.717) is 0 Å². The van der Waals surface area contributed by atoms with Crippen LogP contribution in [0.2, 0.25) is 0 Å². The Labute approximate surface area is 121 Å². The van der Waals surface area contributed by atoms with E-state index >= 15 is 0 Å². The number of carbonyl (C=O) groups is 2. The number of ether oxygens (including phenoxy) is 1. The molecule has 20 heavy (non-hydrogen) atoms. The molecule has 1 aliphatic heterocycles. The van der Waals surface area contributed by atoms with Crippen LogP contribution >= 0.6 is 0 Å². The second-order valence-electron chi connectivity index (χ2n) is 4.99. The van der Waals surface area contributed by atoms with Gasteiger partial charge in [0.05, 0.1) is 33.5 Å². The molecule has 1 atom stereocenters. The highest BCUT2D eigenvalue weighted by Crippen LogP contribution is 2.17. The Hall–Kier alpha value is -1.14. The summed E-state index contributed by atoms with van der Waals surface area (Å²) in [6.45, 7) is 5.92. The number of carboxylic acids is 1. The number of likely N-dealkylation sites (N-methyl/N-ethyl adjacent to an activating group) is 1. The largest absolute Gasteiger partial charge is 0.481 e. The van der Waals surface area contributed by atoms with Crippen molar-refractivity contribution in [2.24, 2.45) is 0 Å².